The summed E-state index contributed by atoms with van der Waals surface area (Å²) in [6.07, 6.45) is 15.9. The molecule has 1 amide bonds. The Morgan fingerprint density at radius 3 is 2.35 bits per heavy atom. The Morgan fingerprint density at radius 2 is 1.73 bits per heavy atom. The molecule has 2 fully saturated rings. The Bertz CT molecular complexity index is 685. The van der Waals surface area contributed by atoms with E-state index in [9.17, 15) is 4.79 Å². The van der Waals surface area contributed by atoms with E-state index in [1.807, 2.05) is 12.3 Å². The molecule has 2 aromatic heterocycles. The van der Waals surface area contributed by atoms with Crippen molar-refractivity contribution < 1.29 is 4.79 Å². The fourth-order valence-corrected chi connectivity index (χ4v) is 5.09. The summed E-state index contributed by atoms with van der Waals surface area (Å²) in [5.41, 5.74) is 0. The molecule has 0 saturated heterocycles. The lowest BCUT2D eigenvalue weighted by Crippen LogP contribution is -2.49. The van der Waals surface area contributed by atoms with E-state index >= 15 is 0 Å². The molecule has 0 aromatic carbocycles. The van der Waals surface area contributed by atoms with Crippen LogP contribution in [0.4, 0.5) is 0 Å². The fourth-order valence-electron chi connectivity index (χ4n) is 4.40. The van der Waals surface area contributed by atoms with Crippen LogP contribution >= 0.6 is 11.8 Å². The minimum atomic E-state index is 0.264. The van der Waals surface area contributed by atoms with E-state index in [1.54, 1.807) is 10.7 Å². The molecule has 0 spiro atoms. The fraction of sp³-hybridized carbons (Fsp3) is 0.684. The van der Waals surface area contributed by atoms with Crippen molar-refractivity contribution in [2.45, 2.75) is 81.4 Å². The molecule has 0 aliphatic heterocycles. The Kier molecular flexibility index (Phi) is 5.72. The van der Waals surface area contributed by atoms with Crippen LogP contribution < -0.4 is 0 Å². The van der Waals surface area contributed by atoms with Crippen LogP contribution in [0.15, 0.2) is 23.6 Å². The topological polar surface area (TPSA) is 63.4 Å². The number of amides is 1. The van der Waals surface area contributed by atoms with Gasteiger partial charge in [0.15, 0.2) is 0 Å². The lowest BCUT2D eigenvalue weighted by molar-refractivity contribution is -0.135. The summed E-state index contributed by atoms with van der Waals surface area (Å²) in [5, 5.41) is 5.03. The van der Waals surface area contributed by atoms with Gasteiger partial charge < -0.3 is 4.90 Å². The van der Waals surface area contributed by atoms with Crippen molar-refractivity contribution in [2.24, 2.45) is 0 Å². The molecule has 2 aliphatic carbocycles. The molecular formula is C19H27N5OS. The zero-order chi connectivity index (χ0) is 17.8. The van der Waals surface area contributed by atoms with Gasteiger partial charge in [-0.25, -0.2) is 9.50 Å². The molecular weight excluding hydrogens is 346 g/mol. The summed E-state index contributed by atoms with van der Waals surface area (Å²) >= 11 is 1.44. The summed E-state index contributed by atoms with van der Waals surface area (Å²) in [4.78, 5) is 24.0. The van der Waals surface area contributed by atoms with Crippen LogP contribution in [0.5, 0.6) is 0 Å². The Balaban J connectivity index is 1.44. The van der Waals surface area contributed by atoms with Crippen molar-refractivity contribution in [2.75, 3.05) is 5.75 Å². The number of nitrogens with zero attached hydrogens (tertiary/aromatic N) is 5. The van der Waals surface area contributed by atoms with Crippen LogP contribution in [0, 0.1) is 0 Å². The zero-order valence-corrected chi connectivity index (χ0v) is 16.0. The highest BCUT2D eigenvalue weighted by atomic mass is 32.2. The van der Waals surface area contributed by atoms with Gasteiger partial charge in [0.1, 0.15) is 0 Å². The van der Waals surface area contributed by atoms with E-state index in [1.165, 1.54) is 76.0 Å². The number of hydrogen-bond donors (Lipinski definition) is 0. The SMILES string of the molecule is O=C(CSc1nc2ncccn2n1)N(C1CCCCC1)C1CCCCC1. The van der Waals surface area contributed by atoms with Gasteiger partial charge in [0.2, 0.25) is 11.1 Å². The highest BCUT2D eigenvalue weighted by Gasteiger charge is 2.32. The molecule has 0 N–H and O–H groups in total. The number of thioether (sulfide) groups is 1. The first-order chi connectivity index (χ1) is 12.8. The monoisotopic (exact) mass is 373 g/mol. The Morgan fingerprint density at radius 1 is 1.08 bits per heavy atom. The second-order valence-corrected chi connectivity index (χ2v) is 8.37. The quantitative estimate of drug-likeness (QED) is 0.748. The molecule has 26 heavy (non-hydrogen) atoms. The third-order valence-corrected chi connectivity index (χ3v) is 6.47. The largest absolute Gasteiger partial charge is 0.336 e. The minimum Gasteiger partial charge on any atom is -0.336 e. The molecule has 0 unspecified atom stereocenters. The molecule has 2 saturated carbocycles. The lowest BCUT2D eigenvalue weighted by Gasteiger charge is -2.41. The van der Waals surface area contributed by atoms with Gasteiger partial charge in [0.05, 0.1) is 5.75 Å². The molecule has 6 nitrogen and oxygen atoms in total. The number of carbonyl (C=O) groups excluding carboxylic acids is 1. The highest BCUT2D eigenvalue weighted by molar-refractivity contribution is 7.99. The summed E-state index contributed by atoms with van der Waals surface area (Å²) in [6.45, 7) is 0. The molecule has 140 valence electrons. The average molecular weight is 374 g/mol. The number of fused-ring (bicyclic) bond motifs is 1. The maximum Gasteiger partial charge on any atom is 0.253 e. The second-order valence-electron chi connectivity index (χ2n) is 7.43. The standard InChI is InChI=1S/C19H27N5OS/c25-17(14-26-19-21-18-20-12-7-13-23(18)22-19)24(15-8-3-1-4-9-15)16-10-5-2-6-11-16/h7,12-13,15-16H,1-6,8-11,14H2. The number of carbonyl (C=O) groups is 1. The van der Waals surface area contributed by atoms with Crippen molar-refractivity contribution in [3.63, 3.8) is 0 Å². The number of rotatable bonds is 5. The van der Waals surface area contributed by atoms with Crippen LogP contribution in [0.2, 0.25) is 0 Å². The molecule has 2 aliphatic rings. The molecule has 0 bridgehead atoms. The molecule has 0 radical (unpaired) electrons. The second kappa shape index (κ2) is 8.37. The van der Waals surface area contributed by atoms with Crippen molar-refractivity contribution in [3.8, 4) is 0 Å². The van der Waals surface area contributed by atoms with Gasteiger partial charge in [-0.1, -0.05) is 50.3 Å². The summed E-state index contributed by atoms with van der Waals surface area (Å²) < 4.78 is 1.66. The highest BCUT2D eigenvalue weighted by Crippen LogP contribution is 2.31. The molecule has 7 heteroatoms. The van der Waals surface area contributed by atoms with Crippen LogP contribution in [0.3, 0.4) is 0 Å². The summed E-state index contributed by atoms with van der Waals surface area (Å²) in [5.74, 6) is 1.27. The van der Waals surface area contributed by atoms with Crippen molar-refractivity contribution >= 4 is 23.4 Å². The third kappa shape index (κ3) is 4.03. The van der Waals surface area contributed by atoms with E-state index in [0.717, 1.165) is 0 Å². The van der Waals surface area contributed by atoms with Crippen molar-refractivity contribution in [1.82, 2.24) is 24.5 Å². The van der Waals surface area contributed by atoms with E-state index < -0.39 is 0 Å². The van der Waals surface area contributed by atoms with Gasteiger partial charge in [-0.3, -0.25) is 4.79 Å². The van der Waals surface area contributed by atoms with Crippen LogP contribution in [-0.4, -0.2) is 48.2 Å². The number of aromatic nitrogens is 4. The van der Waals surface area contributed by atoms with Crippen molar-refractivity contribution in [3.05, 3.63) is 18.5 Å². The maximum absolute atomic E-state index is 13.2. The predicted octanol–water partition coefficient (Wildman–Crippen LogP) is 3.71. The Hall–Kier alpha value is -1.63. The molecule has 4 rings (SSSR count). The van der Waals surface area contributed by atoms with Crippen LogP contribution in [0.1, 0.15) is 64.2 Å². The minimum absolute atomic E-state index is 0.264. The lowest BCUT2D eigenvalue weighted by atomic mass is 9.88. The van der Waals surface area contributed by atoms with Gasteiger partial charge in [0, 0.05) is 24.5 Å². The van der Waals surface area contributed by atoms with E-state index in [-0.39, 0.29) is 5.91 Å². The normalized spacial score (nSPS) is 19.7. The first-order valence-electron chi connectivity index (χ1n) is 9.92. The zero-order valence-electron chi connectivity index (χ0n) is 15.2. The van der Waals surface area contributed by atoms with Gasteiger partial charge in [-0.15, -0.1) is 5.10 Å². The first kappa shape index (κ1) is 17.8. The first-order valence-corrected chi connectivity index (χ1v) is 10.9. The van der Waals surface area contributed by atoms with Gasteiger partial charge in [-0.2, -0.15) is 4.98 Å². The molecule has 2 heterocycles. The van der Waals surface area contributed by atoms with Crippen LogP contribution in [-0.2, 0) is 4.79 Å². The van der Waals surface area contributed by atoms with Gasteiger partial charge in [-0.05, 0) is 31.7 Å². The van der Waals surface area contributed by atoms with E-state index in [0.29, 0.717) is 28.8 Å². The van der Waals surface area contributed by atoms with E-state index in [2.05, 4.69) is 20.0 Å². The Labute approximate surface area is 158 Å². The molecule has 0 atom stereocenters. The third-order valence-electron chi connectivity index (χ3n) is 5.65. The predicted molar refractivity (Wildman–Crippen MR) is 102 cm³/mol. The summed E-state index contributed by atoms with van der Waals surface area (Å²) in [7, 11) is 0. The van der Waals surface area contributed by atoms with E-state index in [4.69, 9.17) is 0 Å². The molecule has 2 aromatic rings. The van der Waals surface area contributed by atoms with Gasteiger partial charge in [0.25, 0.3) is 5.78 Å². The van der Waals surface area contributed by atoms with Crippen molar-refractivity contribution in [1.29, 1.82) is 0 Å². The smallest absolute Gasteiger partial charge is 0.253 e. The maximum atomic E-state index is 13.2. The average Bonchev–Trinajstić information content (AvgIpc) is 3.11. The summed E-state index contributed by atoms with van der Waals surface area (Å²) in [6, 6.07) is 2.71. The van der Waals surface area contributed by atoms with Crippen LogP contribution in [0.25, 0.3) is 5.78 Å². The number of hydrogen-bond acceptors (Lipinski definition) is 5. The van der Waals surface area contributed by atoms with Gasteiger partial charge >= 0.3 is 0 Å².